The molecule has 0 aliphatic heterocycles. The number of hydrogen-bond donors (Lipinski definition) is 0. The van der Waals surface area contributed by atoms with Gasteiger partial charge in [-0.2, -0.15) is 0 Å². The van der Waals surface area contributed by atoms with E-state index in [1.54, 1.807) is 0 Å². The third-order valence-electron chi connectivity index (χ3n) is 2.27. The smallest absolute Gasteiger partial charge is 0.358 e. The summed E-state index contributed by atoms with van der Waals surface area (Å²) in [5.74, 6) is 0. The van der Waals surface area contributed by atoms with Gasteiger partial charge in [-0.15, -0.1) is 0 Å². The first-order chi connectivity index (χ1) is 7.39. The summed E-state index contributed by atoms with van der Waals surface area (Å²) in [6, 6.07) is 10.3. The summed E-state index contributed by atoms with van der Waals surface area (Å²) in [6.07, 6.45) is 14.0. The van der Waals surface area contributed by atoms with Crippen molar-refractivity contribution in [3.8, 4) is 0 Å². The molecule has 1 aromatic carbocycles. The van der Waals surface area contributed by atoms with Gasteiger partial charge in [-0.05, 0) is 32.6 Å². The van der Waals surface area contributed by atoms with Gasteiger partial charge in [0.25, 0.3) is 0 Å². The van der Waals surface area contributed by atoms with E-state index in [1.807, 2.05) is 18.2 Å². The molecular weight excluding hydrogens is 317 g/mol. The Labute approximate surface area is 134 Å². The van der Waals surface area contributed by atoms with Crippen molar-refractivity contribution in [2.24, 2.45) is 0 Å². The molecule has 109 valence electrons. The average molecular weight is 346 g/mol. The second kappa shape index (κ2) is 19.7. The first-order valence-electron chi connectivity index (χ1n) is 5.71. The van der Waals surface area contributed by atoms with Crippen LogP contribution in [0.25, 0.3) is 0 Å². The molecule has 0 heterocycles. The minimum absolute atomic E-state index is 0. The average Bonchev–Trinajstić information content (AvgIpc) is 2.18. The molecular formula is C18H29Ru. The Morgan fingerprint density at radius 2 is 0.947 bits per heavy atom. The number of allylic oxidation sites excluding steroid dienone is 4. The van der Waals surface area contributed by atoms with Gasteiger partial charge in [-0.1, -0.05) is 60.2 Å². The second-order valence-corrected chi connectivity index (χ2v) is 3.75. The van der Waals surface area contributed by atoms with Crippen molar-refractivity contribution < 1.29 is 19.5 Å². The Hall–Kier alpha value is -0.677. The van der Waals surface area contributed by atoms with Gasteiger partial charge >= 0.3 is 19.5 Å². The van der Waals surface area contributed by atoms with Crippen LogP contribution in [0, 0.1) is 29.2 Å². The van der Waals surface area contributed by atoms with E-state index >= 15 is 0 Å². The first kappa shape index (κ1) is 26.8. The van der Waals surface area contributed by atoms with Gasteiger partial charge < -0.3 is 22.3 Å². The summed E-state index contributed by atoms with van der Waals surface area (Å²) in [5.41, 5.74) is 1.32. The molecule has 0 atom stereocenters. The van der Waals surface area contributed by atoms with Crippen LogP contribution in [0.4, 0.5) is 0 Å². The molecule has 0 fully saturated rings. The number of hydrogen-bond acceptors (Lipinski definition) is 0. The van der Waals surface area contributed by atoms with Crippen LogP contribution in [-0.4, -0.2) is 0 Å². The van der Waals surface area contributed by atoms with Crippen molar-refractivity contribution in [1.82, 2.24) is 0 Å². The zero-order valence-corrected chi connectivity index (χ0v) is 14.6. The third-order valence-corrected chi connectivity index (χ3v) is 2.27. The maximum atomic E-state index is 2.27. The molecule has 2 rings (SSSR count). The maximum absolute atomic E-state index is 2.27. The summed E-state index contributed by atoms with van der Waals surface area (Å²) in [4.78, 5) is 0. The maximum Gasteiger partial charge on any atom is 3.00 e. The quantitative estimate of drug-likeness (QED) is 0.306. The fourth-order valence-electron chi connectivity index (χ4n) is 1.39. The van der Waals surface area contributed by atoms with E-state index in [0.29, 0.717) is 0 Å². The summed E-state index contributed by atoms with van der Waals surface area (Å²) in [6.45, 7) is 2.08. The van der Waals surface area contributed by atoms with Gasteiger partial charge in [0.15, 0.2) is 0 Å². The summed E-state index contributed by atoms with van der Waals surface area (Å²) in [5, 5.41) is 0. The van der Waals surface area contributed by atoms with E-state index in [-0.39, 0.29) is 41.8 Å². The predicted octanol–water partition coefficient (Wildman–Crippen LogP) is 6.02. The molecule has 0 saturated heterocycles. The SMILES string of the molecule is C1=CCC/C=C\CC1.Cc1ccccc1.[CH3-].[CH3-].[CH3-].[Ru+3]. The molecule has 1 aliphatic carbocycles. The van der Waals surface area contributed by atoms with Crippen LogP contribution >= 0.6 is 0 Å². The van der Waals surface area contributed by atoms with Crippen molar-refractivity contribution in [3.05, 3.63) is 82.5 Å². The monoisotopic (exact) mass is 347 g/mol. The molecule has 1 aliphatic rings. The van der Waals surface area contributed by atoms with Crippen molar-refractivity contribution in [2.75, 3.05) is 0 Å². The molecule has 0 bridgehead atoms. The largest absolute Gasteiger partial charge is 3.00 e. The number of aryl methyl sites for hydroxylation is 1. The molecule has 1 heteroatoms. The fraction of sp³-hybridized carbons (Fsp3) is 0.278. The number of rotatable bonds is 0. The van der Waals surface area contributed by atoms with Gasteiger partial charge in [0, 0.05) is 0 Å². The van der Waals surface area contributed by atoms with Gasteiger partial charge in [-0.3, -0.25) is 0 Å². The summed E-state index contributed by atoms with van der Waals surface area (Å²) in [7, 11) is 0. The number of benzene rings is 1. The first-order valence-corrected chi connectivity index (χ1v) is 5.71. The second-order valence-electron chi connectivity index (χ2n) is 3.75. The Morgan fingerprint density at radius 1 is 0.632 bits per heavy atom. The van der Waals surface area contributed by atoms with Crippen LogP contribution in [0.3, 0.4) is 0 Å². The summed E-state index contributed by atoms with van der Waals surface area (Å²) < 4.78 is 0. The van der Waals surface area contributed by atoms with Crippen LogP contribution in [0.2, 0.25) is 0 Å². The molecule has 0 amide bonds. The third kappa shape index (κ3) is 17.3. The molecule has 1 aromatic rings. The zero-order chi connectivity index (χ0) is 10.8. The van der Waals surface area contributed by atoms with Crippen LogP contribution < -0.4 is 0 Å². The Morgan fingerprint density at radius 3 is 1.16 bits per heavy atom. The summed E-state index contributed by atoms with van der Waals surface area (Å²) >= 11 is 0. The van der Waals surface area contributed by atoms with Crippen LogP contribution in [0.5, 0.6) is 0 Å². The van der Waals surface area contributed by atoms with Crippen molar-refractivity contribution in [1.29, 1.82) is 0 Å². The van der Waals surface area contributed by atoms with Crippen LogP contribution in [0.1, 0.15) is 31.2 Å². The minimum Gasteiger partial charge on any atom is -0.358 e. The van der Waals surface area contributed by atoms with Gasteiger partial charge in [-0.25, -0.2) is 0 Å². The topological polar surface area (TPSA) is 0 Å². The van der Waals surface area contributed by atoms with Crippen molar-refractivity contribution in [2.45, 2.75) is 32.6 Å². The molecule has 0 spiro atoms. The zero-order valence-electron chi connectivity index (χ0n) is 12.9. The molecule has 19 heavy (non-hydrogen) atoms. The van der Waals surface area contributed by atoms with E-state index in [4.69, 9.17) is 0 Å². The van der Waals surface area contributed by atoms with E-state index in [9.17, 15) is 0 Å². The Kier molecular flexibility index (Phi) is 27.7. The van der Waals surface area contributed by atoms with Crippen molar-refractivity contribution >= 4 is 0 Å². The van der Waals surface area contributed by atoms with Crippen LogP contribution in [-0.2, 0) is 19.5 Å². The molecule has 0 nitrogen and oxygen atoms in total. The van der Waals surface area contributed by atoms with Crippen molar-refractivity contribution in [3.63, 3.8) is 0 Å². The van der Waals surface area contributed by atoms with E-state index in [1.165, 1.54) is 31.2 Å². The van der Waals surface area contributed by atoms with E-state index in [0.717, 1.165) is 0 Å². The Bertz CT molecular complexity index is 273. The molecule has 0 N–H and O–H groups in total. The van der Waals surface area contributed by atoms with Gasteiger partial charge in [0.2, 0.25) is 0 Å². The van der Waals surface area contributed by atoms with Gasteiger partial charge in [0.1, 0.15) is 0 Å². The molecule has 0 unspecified atom stereocenters. The predicted molar refractivity (Wildman–Crippen MR) is 87.2 cm³/mol. The van der Waals surface area contributed by atoms with E-state index < -0.39 is 0 Å². The minimum atomic E-state index is 0. The Balaban J connectivity index is -0.0000000983. The van der Waals surface area contributed by atoms with Crippen LogP contribution in [0.15, 0.2) is 54.6 Å². The molecule has 1 radical (unpaired) electrons. The fourth-order valence-corrected chi connectivity index (χ4v) is 1.39. The van der Waals surface area contributed by atoms with Gasteiger partial charge in [0.05, 0.1) is 0 Å². The normalized spacial score (nSPS) is 13.3. The molecule has 0 aromatic heterocycles. The standard InChI is InChI=1S/C8H12.C7H8.3CH3.Ru/c1-2-4-6-8-7-5-3-1;1-7-5-3-2-4-6-7;;;;/h1-2,7-8H,3-6H2;2-6H,1H3;3*1H3;/q;;3*-1;+3/b2-1-,8-7?;;;;;. The molecule has 0 saturated carbocycles. The van der Waals surface area contributed by atoms with E-state index in [2.05, 4.69) is 43.4 Å².